The summed E-state index contributed by atoms with van der Waals surface area (Å²) in [5, 5.41) is 14.0. The average molecular weight is 460 g/mol. The molecule has 2 rings (SSSR count). The van der Waals surface area contributed by atoms with Crippen molar-refractivity contribution in [1.29, 1.82) is 0 Å². The second-order valence-electron chi connectivity index (χ2n) is 9.90. The molecule has 1 aliphatic heterocycles. The molecule has 1 aromatic rings. The highest BCUT2D eigenvalue weighted by atomic mass is 16.3. The Kier molecular flexibility index (Phi) is 15.1. The summed E-state index contributed by atoms with van der Waals surface area (Å²) in [5.41, 5.74) is 0.815. The molecule has 2 atom stereocenters. The number of likely N-dealkylation sites (tertiary alicyclic amines) is 1. The van der Waals surface area contributed by atoms with E-state index in [1.165, 1.54) is 83.5 Å². The molecule has 1 aromatic heterocycles. The number of carbonyl (C=O) groups is 1. The molecule has 5 nitrogen and oxygen atoms in total. The number of pyridine rings is 1. The van der Waals surface area contributed by atoms with Crippen LogP contribution >= 0.6 is 0 Å². The van der Waals surface area contributed by atoms with Crippen LogP contribution in [0.15, 0.2) is 24.5 Å². The van der Waals surface area contributed by atoms with Gasteiger partial charge in [-0.1, -0.05) is 84.0 Å². The molecule has 0 aliphatic carbocycles. The van der Waals surface area contributed by atoms with Crippen LogP contribution in [0.2, 0.25) is 0 Å². The first-order valence-corrected chi connectivity index (χ1v) is 13.8. The molecule has 0 aromatic carbocycles. The van der Waals surface area contributed by atoms with E-state index in [-0.39, 0.29) is 11.9 Å². The molecule has 0 saturated carbocycles. The lowest BCUT2D eigenvalue weighted by Crippen LogP contribution is -2.46. The van der Waals surface area contributed by atoms with Crippen LogP contribution in [-0.4, -0.2) is 46.6 Å². The maximum absolute atomic E-state index is 12.6. The zero-order chi connectivity index (χ0) is 23.6. The van der Waals surface area contributed by atoms with E-state index in [1.807, 2.05) is 12.1 Å². The largest absolute Gasteiger partial charge is 0.386 e. The Morgan fingerprint density at radius 1 is 0.909 bits per heavy atom. The molecule has 5 heteroatoms. The summed E-state index contributed by atoms with van der Waals surface area (Å²) in [6.45, 7) is 5.07. The van der Waals surface area contributed by atoms with Gasteiger partial charge in [0, 0.05) is 25.4 Å². The van der Waals surface area contributed by atoms with E-state index in [9.17, 15) is 9.90 Å². The SMILES string of the molecule is CCCCCCCCCCCCCCCC(=O)N[C@@H](CN1CCCC1)[C@@H](O)c1ccncc1. The number of nitrogens with zero attached hydrogens (tertiary/aromatic N) is 2. The quantitative estimate of drug-likeness (QED) is 0.243. The minimum absolute atomic E-state index is 0.0652. The first-order chi connectivity index (χ1) is 16.2. The molecule has 0 unspecified atom stereocenters. The Morgan fingerprint density at radius 2 is 1.42 bits per heavy atom. The molecule has 1 aliphatic rings. The second kappa shape index (κ2) is 17.9. The third-order valence-electron chi connectivity index (χ3n) is 6.94. The van der Waals surface area contributed by atoms with Crippen LogP contribution in [0.5, 0.6) is 0 Å². The predicted octanol–water partition coefficient (Wildman–Crippen LogP) is 6.18. The number of amides is 1. The highest BCUT2D eigenvalue weighted by Gasteiger charge is 2.26. The van der Waals surface area contributed by atoms with Crippen molar-refractivity contribution in [2.24, 2.45) is 0 Å². The van der Waals surface area contributed by atoms with E-state index in [0.717, 1.165) is 31.5 Å². The van der Waals surface area contributed by atoms with Crippen molar-refractivity contribution in [1.82, 2.24) is 15.2 Å². The van der Waals surface area contributed by atoms with Crippen molar-refractivity contribution in [2.75, 3.05) is 19.6 Å². The number of nitrogens with one attached hydrogen (secondary N) is 1. The van der Waals surface area contributed by atoms with Gasteiger partial charge in [0.1, 0.15) is 6.10 Å². The van der Waals surface area contributed by atoms with Gasteiger partial charge >= 0.3 is 0 Å². The fraction of sp³-hybridized carbons (Fsp3) is 0.786. The van der Waals surface area contributed by atoms with Gasteiger partial charge in [-0.05, 0) is 50.0 Å². The Hall–Kier alpha value is -1.46. The number of carbonyl (C=O) groups excluding carboxylic acids is 1. The van der Waals surface area contributed by atoms with Gasteiger partial charge in [-0.15, -0.1) is 0 Å². The van der Waals surface area contributed by atoms with Gasteiger partial charge in [-0.25, -0.2) is 0 Å². The van der Waals surface area contributed by atoms with Crippen molar-refractivity contribution in [2.45, 2.75) is 122 Å². The summed E-state index contributed by atoms with van der Waals surface area (Å²) >= 11 is 0. The number of unbranched alkanes of at least 4 members (excludes halogenated alkanes) is 12. The zero-order valence-electron chi connectivity index (χ0n) is 21.1. The Morgan fingerprint density at radius 3 is 1.97 bits per heavy atom. The van der Waals surface area contributed by atoms with Crippen LogP contribution in [0.4, 0.5) is 0 Å². The summed E-state index contributed by atoms with van der Waals surface area (Å²) < 4.78 is 0. The molecule has 1 fully saturated rings. The zero-order valence-corrected chi connectivity index (χ0v) is 21.1. The van der Waals surface area contributed by atoms with Gasteiger partial charge in [0.2, 0.25) is 5.91 Å². The fourth-order valence-corrected chi connectivity index (χ4v) is 4.84. The number of aromatic nitrogens is 1. The topological polar surface area (TPSA) is 65.5 Å². The van der Waals surface area contributed by atoms with Crippen molar-refractivity contribution >= 4 is 5.91 Å². The molecule has 0 spiro atoms. The number of hydrogen-bond donors (Lipinski definition) is 2. The molecule has 0 radical (unpaired) electrons. The molecule has 2 heterocycles. The number of aliphatic hydroxyl groups is 1. The number of rotatable bonds is 19. The Labute approximate surface area is 202 Å². The molecule has 188 valence electrons. The highest BCUT2D eigenvalue weighted by Crippen LogP contribution is 2.19. The maximum atomic E-state index is 12.6. The minimum Gasteiger partial charge on any atom is -0.386 e. The maximum Gasteiger partial charge on any atom is 0.220 e. The number of hydrogen-bond acceptors (Lipinski definition) is 4. The van der Waals surface area contributed by atoms with Crippen molar-refractivity contribution in [3.63, 3.8) is 0 Å². The van der Waals surface area contributed by atoms with Gasteiger partial charge in [-0.2, -0.15) is 0 Å². The lowest BCUT2D eigenvalue weighted by molar-refractivity contribution is -0.123. The van der Waals surface area contributed by atoms with Crippen molar-refractivity contribution in [3.05, 3.63) is 30.1 Å². The van der Waals surface area contributed by atoms with E-state index in [4.69, 9.17) is 0 Å². The first-order valence-electron chi connectivity index (χ1n) is 13.8. The van der Waals surface area contributed by atoms with Crippen molar-refractivity contribution in [3.8, 4) is 0 Å². The summed E-state index contributed by atoms with van der Waals surface area (Å²) in [6.07, 6.45) is 22.6. The third kappa shape index (κ3) is 12.5. The second-order valence-corrected chi connectivity index (χ2v) is 9.90. The van der Waals surface area contributed by atoms with E-state index in [2.05, 4.69) is 22.1 Å². The van der Waals surface area contributed by atoms with Gasteiger partial charge in [0.25, 0.3) is 0 Å². The van der Waals surface area contributed by atoms with Crippen LogP contribution in [0, 0.1) is 0 Å². The first kappa shape index (κ1) is 27.8. The van der Waals surface area contributed by atoms with Crippen LogP contribution in [0.1, 0.15) is 121 Å². The molecule has 33 heavy (non-hydrogen) atoms. The van der Waals surface area contributed by atoms with Gasteiger partial charge < -0.3 is 15.3 Å². The summed E-state index contributed by atoms with van der Waals surface area (Å²) in [5.74, 6) is 0.0652. The minimum atomic E-state index is -0.704. The lowest BCUT2D eigenvalue weighted by atomic mass is 10.0. The summed E-state index contributed by atoms with van der Waals surface area (Å²) in [4.78, 5) is 19.0. The molecule has 1 amide bonds. The Balaban J connectivity index is 1.56. The van der Waals surface area contributed by atoms with Crippen LogP contribution in [0.25, 0.3) is 0 Å². The van der Waals surface area contributed by atoms with Crippen LogP contribution in [-0.2, 0) is 4.79 Å². The van der Waals surface area contributed by atoms with E-state index < -0.39 is 6.10 Å². The summed E-state index contributed by atoms with van der Waals surface area (Å²) in [6, 6.07) is 3.39. The standard InChI is InChI=1S/C28H49N3O2/c1-2-3-4-5-6-7-8-9-10-11-12-13-14-17-27(32)30-26(24-31-22-15-16-23-31)28(33)25-18-20-29-21-19-25/h18-21,26,28,33H,2-17,22-24H2,1H3,(H,30,32)/t26-,28-/m0/s1. The van der Waals surface area contributed by atoms with Crippen LogP contribution < -0.4 is 5.32 Å². The summed E-state index contributed by atoms with van der Waals surface area (Å²) in [7, 11) is 0. The highest BCUT2D eigenvalue weighted by molar-refractivity contribution is 5.76. The smallest absolute Gasteiger partial charge is 0.220 e. The normalized spacial score (nSPS) is 16.1. The van der Waals surface area contributed by atoms with Crippen molar-refractivity contribution < 1.29 is 9.90 Å². The third-order valence-corrected chi connectivity index (χ3v) is 6.94. The molecular formula is C28H49N3O2. The van der Waals surface area contributed by atoms with E-state index in [1.54, 1.807) is 12.4 Å². The molecular weight excluding hydrogens is 410 g/mol. The van der Waals surface area contributed by atoms with E-state index in [0.29, 0.717) is 13.0 Å². The fourth-order valence-electron chi connectivity index (χ4n) is 4.84. The monoisotopic (exact) mass is 459 g/mol. The van der Waals surface area contributed by atoms with E-state index >= 15 is 0 Å². The predicted molar refractivity (Wildman–Crippen MR) is 137 cm³/mol. The van der Waals surface area contributed by atoms with Gasteiger partial charge in [0.15, 0.2) is 0 Å². The molecule has 2 N–H and O–H groups in total. The molecule has 1 saturated heterocycles. The number of aliphatic hydroxyl groups excluding tert-OH is 1. The Bertz CT molecular complexity index is 604. The lowest BCUT2D eigenvalue weighted by Gasteiger charge is -2.28. The van der Waals surface area contributed by atoms with Gasteiger partial charge in [-0.3, -0.25) is 9.78 Å². The molecule has 0 bridgehead atoms. The van der Waals surface area contributed by atoms with Crippen LogP contribution in [0.3, 0.4) is 0 Å². The van der Waals surface area contributed by atoms with Gasteiger partial charge in [0.05, 0.1) is 6.04 Å². The average Bonchev–Trinajstić information content (AvgIpc) is 3.35.